The summed E-state index contributed by atoms with van der Waals surface area (Å²) in [5, 5.41) is 12.1. The molecule has 0 radical (unpaired) electrons. The van der Waals surface area contributed by atoms with E-state index in [0.29, 0.717) is 38.0 Å². The number of carbonyl (C=O) groups excluding carboxylic acids is 1. The zero-order valence-electron chi connectivity index (χ0n) is 18.7. The highest BCUT2D eigenvalue weighted by Crippen LogP contribution is 2.32. The van der Waals surface area contributed by atoms with Crippen molar-refractivity contribution in [3.63, 3.8) is 0 Å². The number of fused-ring (bicyclic) bond motifs is 1. The predicted molar refractivity (Wildman–Crippen MR) is 128 cm³/mol. The van der Waals surface area contributed by atoms with Crippen molar-refractivity contribution in [2.24, 2.45) is 5.92 Å². The first kappa shape index (κ1) is 21.5. The van der Waals surface area contributed by atoms with Crippen LogP contribution >= 0.6 is 0 Å². The molecule has 8 nitrogen and oxygen atoms in total. The second-order valence-corrected chi connectivity index (χ2v) is 8.41. The number of H-pyrrole nitrogens is 1. The summed E-state index contributed by atoms with van der Waals surface area (Å²) in [5.41, 5.74) is 4.81. The van der Waals surface area contributed by atoms with Gasteiger partial charge in [0.25, 0.3) is 0 Å². The van der Waals surface area contributed by atoms with Crippen LogP contribution in [0.25, 0.3) is 0 Å². The minimum atomic E-state index is -0.170. The van der Waals surface area contributed by atoms with Gasteiger partial charge < -0.3 is 19.8 Å². The second-order valence-electron chi connectivity index (χ2n) is 8.41. The number of rotatable bonds is 7. The molecule has 0 unspecified atom stereocenters. The Labute approximate surface area is 197 Å². The van der Waals surface area contributed by atoms with Gasteiger partial charge in [0.15, 0.2) is 5.82 Å². The van der Waals surface area contributed by atoms with Gasteiger partial charge in [0.1, 0.15) is 0 Å². The van der Waals surface area contributed by atoms with Crippen molar-refractivity contribution in [3.8, 4) is 6.07 Å². The summed E-state index contributed by atoms with van der Waals surface area (Å²) >= 11 is 0. The van der Waals surface area contributed by atoms with Crippen molar-refractivity contribution in [1.82, 2.24) is 24.8 Å². The van der Waals surface area contributed by atoms with E-state index in [4.69, 9.17) is 5.26 Å². The van der Waals surface area contributed by atoms with Crippen LogP contribution < -0.4 is 10.2 Å². The Balaban J connectivity index is 1.20. The van der Waals surface area contributed by atoms with Crippen molar-refractivity contribution in [1.29, 1.82) is 5.26 Å². The summed E-state index contributed by atoms with van der Waals surface area (Å²) in [4.78, 5) is 27.1. The van der Waals surface area contributed by atoms with Gasteiger partial charge in [-0.15, -0.1) is 0 Å². The van der Waals surface area contributed by atoms with Crippen LogP contribution in [0.5, 0.6) is 0 Å². The molecule has 0 bridgehead atoms. The lowest BCUT2D eigenvalue weighted by molar-refractivity contribution is -0.124. The minimum Gasteiger partial charge on any atom is -0.355 e. The molecule has 2 N–H and O–H groups in total. The number of hydrogen-bond acceptors (Lipinski definition) is 5. The molecule has 0 aliphatic carbocycles. The molecule has 1 amide bonds. The first-order valence-corrected chi connectivity index (χ1v) is 11.3. The number of para-hydroxylation sites is 1. The Bertz CT molecular complexity index is 1300. The van der Waals surface area contributed by atoms with Crippen LogP contribution in [0.2, 0.25) is 0 Å². The normalized spacial score (nSPS) is 14.9. The smallest absolute Gasteiger partial charge is 0.225 e. The maximum atomic E-state index is 13.1. The molecule has 1 aliphatic rings. The number of nitrogens with zero attached hydrogens (tertiary/aromatic N) is 5. The fourth-order valence-corrected chi connectivity index (χ4v) is 4.36. The molecule has 34 heavy (non-hydrogen) atoms. The number of nitriles is 1. The standard InChI is InChI=1S/C26H25N7O/c27-13-19-6-8-20(9-7-19)15-32-18-28-14-23(32)10-11-29-26(34)21-12-24-25(31-17-30-24)33(16-21)22-4-2-1-3-5-22/h1-9,14,17-18,21H,10-12,15-16H2,(H,29,34)(H,30,31)/t21-/m0/s1. The van der Waals surface area contributed by atoms with Crippen LogP contribution in [0.15, 0.2) is 73.4 Å². The quantitative estimate of drug-likeness (QED) is 0.449. The fraction of sp³-hybridized carbons (Fsp3) is 0.231. The van der Waals surface area contributed by atoms with Crippen LogP contribution in [0.4, 0.5) is 11.5 Å². The van der Waals surface area contributed by atoms with Crippen LogP contribution in [-0.4, -0.2) is 38.5 Å². The zero-order valence-corrected chi connectivity index (χ0v) is 18.7. The van der Waals surface area contributed by atoms with Gasteiger partial charge in [-0.25, -0.2) is 9.97 Å². The molecular weight excluding hydrogens is 426 g/mol. The molecule has 0 fully saturated rings. The topological polar surface area (TPSA) is 103 Å². The number of nitrogens with one attached hydrogen (secondary N) is 2. The van der Waals surface area contributed by atoms with Crippen molar-refractivity contribution < 1.29 is 4.79 Å². The van der Waals surface area contributed by atoms with Gasteiger partial charge in [0.05, 0.1) is 35.9 Å². The highest BCUT2D eigenvalue weighted by atomic mass is 16.1. The molecule has 1 atom stereocenters. The van der Waals surface area contributed by atoms with E-state index >= 15 is 0 Å². The van der Waals surface area contributed by atoms with Gasteiger partial charge in [-0.05, 0) is 29.8 Å². The number of carbonyl (C=O) groups is 1. The average molecular weight is 452 g/mol. The molecule has 0 saturated heterocycles. The molecule has 5 rings (SSSR count). The Morgan fingerprint density at radius 3 is 2.79 bits per heavy atom. The van der Waals surface area contributed by atoms with E-state index in [1.807, 2.05) is 60.8 Å². The van der Waals surface area contributed by atoms with Gasteiger partial charge in [-0.1, -0.05) is 30.3 Å². The summed E-state index contributed by atoms with van der Waals surface area (Å²) in [5.74, 6) is 0.762. The van der Waals surface area contributed by atoms with Gasteiger partial charge in [-0.3, -0.25) is 4.79 Å². The number of aromatic nitrogens is 4. The number of hydrogen-bond donors (Lipinski definition) is 2. The fourth-order valence-electron chi connectivity index (χ4n) is 4.36. The van der Waals surface area contributed by atoms with E-state index < -0.39 is 0 Å². The molecule has 0 spiro atoms. The Kier molecular flexibility index (Phi) is 6.08. The summed E-state index contributed by atoms with van der Waals surface area (Å²) in [7, 11) is 0. The number of anilines is 2. The summed E-state index contributed by atoms with van der Waals surface area (Å²) in [6.45, 7) is 1.80. The molecule has 4 aromatic rings. The maximum Gasteiger partial charge on any atom is 0.225 e. The number of benzene rings is 2. The van der Waals surface area contributed by atoms with Crippen molar-refractivity contribution in [2.45, 2.75) is 19.4 Å². The molecule has 1 aliphatic heterocycles. The van der Waals surface area contributed by atoms with Crippen LogP contribution in [0, 0.1) is 17.2 Å². The highest BCUT2D eigenvalue weighted by Gasteiger charge is 2.31. The third kappa shape index (κ3) is 4.55. The SMILES string of the molecule is N#Cc1ccc(Cn2cncc2CCNC(=O)[C@H]2Cc3[nH]cnc3N(c3ccccc3)C2)cc1. The molecule has 0 saturated carbocycles. The third-order valence-corrected chi connectivity index (χ3v) is 6.16. The van der Waals surface area contributed by atoms with Crippen molar-refractivity contribution >= 4 is 17.4 Å². The van der Waals surface area contributed by atoms with Crippen LogP contribution in [0.1, 0.15) is 22.5 Å². The first-order valence-electron chi connectivity index (χ1n) is 11.3. The van der Waals surface area contributed by atoms with Crippen molar-refractivity contribution in [2.75, 3.05) is 18.0 Å². The zero-order chi connectivity index (χ0) is 23.3. The molecule has 2 aromatic carbocycles. The van der Waals surface area contributed by atoms with Gasteiger partial charge in [0, 0.05) is 50.1 Å². The number of aromatic amines is 1. The lowest BCUT2D eigenvalue weighted by Crippen LogP contribution is -2.42. The number of imidazole rings is 2. The molecule has 3 heterocycles. The molecule has 8 heteroatoms. The van der Waals surface area contributed by atoms with Gasteiger partial charge in [-0.2, -0.15) is 5.26 Å². The maximum absolute atomic E-state index is 13.1. The first-order chi connectivity index (χ1) is 16.7. The van der Waals surface area contributed by atoms with E-state index in [-0.39, 0.29) is 11.8 Å². The summed E-state index contributed by atoms with van der Waals surface area (Å²) in [6.07, 6.45) is 6.65. The minimum absolute atomic E-state index is 0.0411. The third-order valence-electron chi connectivity index (χ3n) is 6.16. The lowest BCUT2D eigenvalue weighted by Gasteiger charge is -2.32. The van der Waals surface area contributed by atoms with E-state index in [0.717, 1.165) is 28.5 Å². The molecule has 2 aromatic heterocycles. The van der Waals surface area contributed by atoms with Crippen molar-refractivity contribution in [3.05, 3.63) is 96.0 Å². The summed E-state index contributed by atoms with van der Waals surface area (Å²) in [6, 6.07) is 19.7. The van der Waals surface area contributed by atoms with Crippen LogP contribution in [-0.2, 0) is 24.2 Å². The Morgan fingerprint density at radius 1 is 1.18 bits per heavy atom. The average Bonchev–Trinajstić information content (AvgIpc) is 3.54. The van der Waals surface area contributed by atoms with Crippen LogP contribution in [0.3, 0.4) is 0 Å². The largest absolute Gasteiger partial charge is 0.355 e. The predicted octanol–water partition coefficient (Wildman–Crippen LogP) is 3.20. The van der Waals surface area contributed by atoms with E-state index in [9.17, 15) is 4.79 Å². The van der Waals surface area contributed by atoms with Gasteiger partial charge in [0.2, 0.25) is 5.91 Å². The van der Waals surface area contributed by atoms with E-state index in [2.05, 4.69) is 35.8 Å². The summed E-state index contributed by atoms with van der Waals surface area (Å²) < 4.78 is 2.07. The number of amides is 1. The van der Waals surface area contributed by atoms with E-state index in [1.54, 1.807) is 12.7 Å². The highest BCUT2D eigenvalue weighted by molar-refractivity contribution is 5.81. The molecule has 170 valence electrons. The molecular formula is C26H25N7O. The van der Waals surface area contributed by atoms with Gasteiger partial charge >= 0.3 is 0 Å². The lowest BCUT2D eigenvalue weighted by atomic mass is 9.96. The second kappa shape index (κ2) is 9.63. The Hall–Kier alpha value is -4.38. The Morgan fingerprint density at radius 2 is 2.00 bits per heavy atom. The van der Waals surface area contributed by atoms with E-state index in [1.165, 1.54) is 0 Å². The monoisotopic (exact) mass is 451 g/mol.